The van der Waals surface area contributed by atoms with Crippen molar-refractivity contribution >= 4 is 29.1 Å². The van der Waals surface area contributed by atoms with Crippen molar-refractivity contribution in [2.45, 2.75) is 37.5 Å². The number of hydrogen-bond donors (Lipinski definition) is 1. The van der Waals surface area contributed by atoms with Crippen LogP contribution in [0.4, 0.5) is 0 Å². The minimum absolute atomic E-state index is 0.0793. The second kappa shape index (κ2) is 8.78. The van der Waals surface area contributed by atoms with Crippen LogP contribution < -0.4 is 5.73 Å². The van der Waals surface area contributed by atoms with E-state index in [1.165, 1.54) is 11.1 Å². The van der Waals surface area contributed by atoms with Gasteiger partial charge in [-0.05, 0) is 72.9 Å². The fourth-order valence-corrected chi connectivity index (χ4v) is 3.84. The maximum Gasteiger partial charge on any atom is 0.220 e. The molecule has 0 atom stereocenters. The second-order valence-electron chi connectivity index (χ2n) is 7.37. The van der Waals surface area contributed by atoms with E-state index in [-0.39, 0.29) is 17.7 Å². The van der Waals surface area contributed by atoms with Gasteiger partial charge in [0, 0.05) is 21.9 Å². The van der Waals surface area contributed by atoms with Crippen molar-refractivity contribution < 1.29 is 4.79 Å². The molecule has 27 heavy (non-hydrogen) atoms. The highest BCUT2D eigenvalue weighted by Gasteiger charge is 2.33. The van der Waals surface area contributed by atoms with Crippen molar-refractivity contribution in [1.82, 2.24) is 0 Å². The van der Waals surface area contributed by atoms with Gasteiger partial charge in [-0.15, -0.1) is 0 Å². The molecule has 0 spiro atoms. The number of carbonyl (C=O) groups is 1. The van der Waals surface area contributed by atoms with Crippen LogP contribution in [0, 0.1) is 23.2 Å². The molecule has 2 aliphatic carbocycles. The van der Waals surface area contributed by atoms with E-state index in [0.717, 1.165) is 35.7 Å². The third-order valence-corrected chi connectivity index (χ3v) is 6.05. The quantitative estimate of drug-likeness (QED) is 0.719. The van der Waals surface area contributed by atoms with Gasteiger partial charge in [0.05, 0.1) is 6.07 Å². The zero-order valence-electron chi connectivity index (χ0n) is 14.9. The monoisotopic (exact) mass is 400 g/mol. The number of rotatable bonds is 3. The summed E-state index contributed by atoms with van der Waals surface area (Å²) in [5.74, 6) is 1.26. The molecular formula is C22H22Cl2N2O. The largest absolute Gasteiger partial charge is 0.369 e. The van der Waals surface area contributed by atoms with Crippen LogP contribution >= 0.6 is 23.2 Å². The third-order valence-electron chi connectivity index (χ3n) is 5.54. The fraction of sp³-hybridized carbons (Fsp3) is 0.364. The highest BCUT2D eigenvalue weighted by molar-refractivity contribution is 6.30. The molecule has 2 saturated carbocycles. The SMILES string of the molecule is N#CC1CC(c2ccc(Cl)cc2)C1.NC(=O)C1CC(c2ccc(Cl)cc2)C1. The Balaban J connectivity index is 0.000000156. The van der Waals surface area contributed by atoms with Gasteiger partial charge in [0.25, 0.3) is 0 Å². The zero-order chi connectivity index (χ0) is 19.4. The topological polar surface area (TPSA) is 66.9 Å². The number of benzene rings is 2. The standard InChI is InChI=1S/C11H12ClNO.C11H10ClN/c12-10-3-1-7(2-4-10)8-5-9(6-8)11(13)14;12-11-3-1-9(2-4-11)10-5-8(6-10)7-13/h1-4,8-9H,5-6H2,(H2,13,14);1-4,8,10H,5-6H2. The summed E-state index contributed by atoms with van der Waals surface area (Å²) < 4.78 is 0. The minimum Gasteiger partial charge on any atom is -0.369 e. The number of carbonyl (C=O) groups excluding carboxylic acids is 1. The normalized spacial score (nSPS) is 25.8. The van der Waals surface area contributed by atoms with Crippen LogP contribution in [0.5, 0.6) is 0 Å². The average molecular weight is 401 g/mol. The predicted octanol–water partition coefficient (Wildman–Crippen LogP) is 5.68. The van der Waals surface area contributed by atoms with Gasteiger partial charge in [0.2, 0.25) is 5.91 Å². The summed E-state index contributed by atoms with van der Waals surface area (Å²) in [6, 6.07) is 18.0. The molecule has 0 heterocycles. The van der Waals surface area contributed by atoms with Crippen molar-refractivity contribution in [3.8, 4) is 6.07 Å². The van der Waals surface area contributed by atoms with Crippen LogP contribution in [0.1, 0.15) is 48.6 Å². The van der Waals surface area contributed by atoms with Gasteiger partial charge in [-0.1, -0.05) is 47.5 Å². The lowest BCUT2D eigenvalue weighted by molar-refractivity contribution is -0.124. The lowest BCUT2D eigenvalue weighted by Gasteiger charge is -2.33. The van der Waals surface area contributed by atoms with Crippen LogP contribution in [0.15, 0.2) is 48.5 Å². The molecule has 4 rings (SSSR count). The van der Waals surface area contributed by atoms with Gasteiger partial charge in [0.1, 0.15) is 0 Å². The van der Waals surface area contributed by atoms with Gasteiger partial charge in [-0.25, -0.2) is 0 Å². The number of nitrogens with two attached hydrogens (primary N) is 1. The van der Waals surface area contributed by atoms with E-state index >= 15 is 0 Å². The van der Waals surface area contributed by atoms with Gasteiger partial charge < -0.3 is 5.73 Å². The molecule has 5 heteroatoms. The molecular weight excluding hydrogens is 379 g/mol. The van der Waals surface area contributed by atoms with Crippen LogP contribution in [0.3, 0.4) is 0 Å². The molecule has 0 saturated heterocycles. The van der Waals surface area contributed by atoms with E-state index in [9.17, 15) is 4.79 Å². The molecule has 1 amide bonds. The fourth-order valence-electron chi connectivity index (χ4n) is 3.59. The van der Waals surface area contributed by atoms with Gasteiger partial charge in [0.15, 0.2) is 0 Å². The van der Waals surface area contributed by atoms with E-state index < -0.39 is 0 Å². The zero-order valence-corrected chi connectivity index (χ0v) is 16.5. The number of primary amides is 1. The maximum absolute atomic E-state index is 10.8. The summed E-state index contributed by atoms with van der Waals surface area (Å²) in [5, 5.41) is 10.2. The van der Waals surface area contributed by atoms with Crippen LogP contribution in [-0.2, 0) is 4.79 Å². The number of hydrogen-bond acceptors (Lipinski definition) is 2. The first-order valence-corrected chi connectivity index (χ1v) is 9.91. The number of halogens is 2. The second-order valence-corrected chi connectivity index (χ2v) is 8.24. The van der Waals surface area contributed by atoms with Crippen molar-refractivity contribution in [3.05, 3.63) is 69.7 Å². The average Bonchev–Trinajstić information content (AvgIpc) is 2.56. The van der Waals surface area contributed by atoms with E-state index in [2.05, 4.69) is 18.2 Å². The first-order valence-electron chi connectivity index (χ1n) is 9.16. The predicted molar refractivity (Wildman–Crippen MR) is 109 cm³/mol. The smallest absolute Gasteiger partial charge is 0.220 e. The molecule has 2 fully saturated rings. The summed E-state index contributed by atoms with van der Waals surface area (Å²) in [7, 11) is 0. The third kappa shape index (κ3) is 5.03. The lowest BCUT2D eigenvalue weighted by Crippen LogP contribution is -2.33. The Morgan fingerprint density at radius 1 is 0.852 bits per heavy atom. The first kappa shape index (κ1) is 19.7. The highest BCUT2D eigenvalue weighted by Crippen LogP contribution is 2.42. The maximum atomic E-state index is 10.8. The van der Waals surface area contributed by atoms with Crippen molar-refractivity contribution in [1.29, 1.82) is 5.26 Å². The van der Waals surface area contributed by atoms with Gasteiger partial charge in [-0.3, -0.25) is 4.79 Å². The summed E-state index contributed by atoms with van der Waals surface area (Å²) in [6.45, 7) is 0. The van der Waals surface area contributed by atoms with E-state index in [1.54, 1.807) is 0 Å². The van der Waals surface area contributed by atoms with Crippen molar-refractivity contribution in [2.75, 3.05) is 0 Å². The van der Waals surface area contributed by atoms with E-state index in [1.807, 2.05) is 36.4 Å². The number of nitriles is 1. The molecule has 2 aromatic carbocycles. The molecule has 2 N–H and O–H groups in total. The van der Waals surface area contributed by atoms with Crippen molar-refractivity contribution in [3.63, 3.8) is 0 Å². The Kier molecular flexibility index (Phi) is 6.42. The molecule has 140 valence electrons. The van der Waals surface area contributed by atoms with Crippen LogP contribution in [0.2, 0.25) is 10.0 Å². The van der Waals surface area contributed by atoms with E-state index in [0.29, 0.717) is 11.8 Å². The Bertz CT molecular complexity index is 815. The molecule has 0 unspecified atom stereocenters. The molecule has 0 bridgehead atoms. The first-order chi connectivity index (χ1) is 13.0. The van der Waals surface area contributed by atoms with Gasteiger partial charge in [-0.2, -0.15) is 5.26 Å². The summed E-state index contributed by atoms with van der Waals surface area (Å²) in [4.78, 5) is 10.8. The van der Waals surface area contributed by atoms with Crippen LogP contribution in [-0.4, -0.2) is 5.91 Å². The molecule has 0 aliphatic heterocycles. The van der Waals surface area contributed by atoms with Gasteiger partial charge >= 0.3 is 0 Å². The lowest BCUT2D eigenvalue weighted by atomic mass is 9.71. The summed E-state index contributed by atoms with van der Waals surface area (Å²) in [5.41, 5.74) is 7.77. The molecule has 2 aromatic rings. The molecule has 3 nitrogen and oxygen atoms in total. The molecule has 2 aliphatic rings. The highest BCUT2D eigenvalue weighted by atomic mass is 35.5. The van der Waals surface area contributed by atoms with Crippen molar-refractivity contribution in [2.24, 2.45) is 17.6 Å². The number of nitrogens with zero attached hydrogens (tertiary/aromatic N) is 1. The Morgan fingerprint density at radius 2 is 1.26 bits per heavy atom. The summed E-state index contributed by atoms with van der Waals surface area (Å²) in [6.07, 6.45) is 3.80. The Labute approximate surface area is 170 Å². The van der Waals surface area contributed by atoms with E-state index in [4.69, 9.17) is 34.2 Å². The molecule has 0 radical (unpaired) electrons. The number of amides is 1. The molecule has 0 aromatic heterocycles. The minimum atomic E-state index is -0.171. The Morgan fingerprint density at radius 3 is 1.63 bits per heavy atom. The van der Waals surface area contributed by atoms with Crippen LogP contribution in [0.25, 0.3) is 0 Å². The summed E-state index contributed by atoms with van der Waals surface area (Å²) >= 11 is 11.6. The Hall–Kier alpha value is -2.02.